The molecule has 5 heteroatoms. The number of hydrogen-bond donors (Lipinski definition) is 3. The Morgan fingerprint density at radius 2 is 2.35 bits per heavy atom. The fourth-order valence-corrected chi connectivity index (χ4v) is 2.01. The van der Waals surface area contributed by atoms with Gasteiger partial charge in [0, 0.05) is 17.8 Å². The van der Waals surface area contributed by atoms with Crippen LogP contribution in [0.25, 0.3) is 0 Å². The van der Waals surface area contributed by atoms with Gasteiger partial charge in [-0.3, -0.25) is 4.79 Å². The Hall–Kier alpha value is -2.01. The number of benzene rings is 1. The summed E-state index contributed by atoms with van der Waals surface area (Å²) < 4.78 is 5.48. The summed E-state index contributed by atoms with van der Waals surface area (Å²) in [6.07, 6.45) is 5.97. The largest absolute Gasteiger partial charge is 0.497 e. The van der Waals surface area contributed by atoms with Crippen molar-refractivity contribution in [2.75, 3.05) is 25.0 Å². The summed E-state index contributed by atoms with van der Waals surface area (Å²) in [6, 6.07) is 7.29. The van der Waals surface area contributed by atoms with E-state index < -0.39 is 0 Å². The number of ether oxygens (including phenoxy) is 1. The number of rotatable bonds is 6. The van der Waals surface area contributed by atoms with Gasteiger partial charge in [0.05, 0.1) is 19.4 Å². The molecule has 1 aliphatic rings. The molecule has 0 saturated carbocycles. The lowest BCUT2D eigenvalue weighted by molar-refractivity contribution is 0.0945. The second-order valence-electron chi connectivity index (χ2n) is 4.65. The van der Waals surface area contributed by atoms with Gasteiger partial charge < -0.3 is 20.5 Å². The summed E-state index contributed by atoms with van der Waals surface area (Å²) >= 11 is 0. The summed E-state index contributed by atoms with van der Waals surface area (Å²) in [5, 5.41) is 14.6. The molecule has 0 spiro atoms. The lowest BCUT2D eigenvalue weighted by atomic mass is 10.1. The number of allylic oxidation sites excluding steroid dienone is 1. The van der Waals surface area contributed by atoms with Gasteiger partial charge in [-0.15, -0.1) is 0 Å². The molecule has 1 aromatic carbocycles. The number of aliphatic hydroxyl groups excluding tert-OH is 1. The average Bonchev–Trinajstić information content (AvgIpc) is 2.52. The number of carbonyl (C=O) groups excluding carboxylic acids is 1. The highest BCUT2D eigenvalue weighted by Gasteiger charge is 2.11. The molecule has 0 radical (unpaired) electrons. The summed E-state index contributed by atoms with van der Waals surface area (Å²) in [4.78, 5) is 11.8. The quantitative estimate of drug-likeness (QED) is 0.736. The van der Waals surface area contributed by atoms with Crippen molar-refractivity contribution >= 4 is 11.6 Å². The third kappa shape index (κ3) is 4.28. The molecular weight excluding hydrogens is 256 g/mol. The highest BCUT2D eigenvalue weighted by Crippen LogP contribution is 2.14. The third-order valence-electron chi connectivity index (χ3n) is 3.08. The number of carbonyl (C=O) groups is 1. The van der Waals surface area contributed by atoms with Gasteiger partial charge in [-0.1, -0.05) is 6.07 Å². The number of amides is 1. The Morgan fingerprint density at radius 1 is 1.45 bits per heavy atom. The SMILES string of the molecule is O=C(NCCO)c1cccc(NC[C@H]2CCC=CO2)c1. The Bertz CT molecular complexity index is 474. The Labute approximate surface area is 118 Å². The van der Waals surface area contributed by atoms with Crippen LogP contribution >= 0.6 is 0 Å². The summed E-state index contributed by atoms with van der Waals surface area (Å²) in [5.74, 6) is -0.181. The van der Waals surface area contributed by atoms with Crippen molar-refractivity contribution < 1.29 is 14.6 Å². The van der Waals surface area contributed by atoms with Gasteiger partial charge in [0.15, 0.2) is 0 Å². The van der Waals surface area contributed by atoms with E-state index >= 15 is 0 Å². The van der Waals surface area contributed by atoms with Crippen molar-refractivity contribution in [3.63, 3.8) is 0 Å². The topological polar surface area (TPSA) is 70.6 Å². The summed E-state index contributed by atoms with van der Waals surface area (Å²) in [6.45, 7) is 0.918. The summed E-state index contributed by atoms with van der Waals surface area (Å²) in [5.41, 5.74) is 1.47. The zero-order chi connectivity index (χ0) is 14.2. The van der Waals surface area contributed by atoms with Crippen LogP contribution in [0.1, 0.15) is 23.2 Å². The number of hydrogen-bond acceptors (Lipinski definition) is 4. The van der Waals surface area contributed by atoms with Gasteiger partial charge in [-0.2, -0.15) is 0 Å². The van der Waals surface area contributed by atoms with Crippen molar-refractivity contribution in [2.24, 2.45) is 0 Å². The van der Waals surface area contributed by atoms with E-state index in [4.69, 9.17) is 9.84 Å². The first-order chi connectivity index (χ1) is 9.79. The first kappa shape index (κ1) is 14.4. The summed E-state index contributed by atoms with van der Waals surface area (Å²) in [7, 11) is 0. The number of anilines is 1. The lowest BCUT2D eigenvalue weighted by Crippen LogP contribution is -2.26. The van der Waals surface area contributed by atoms with Gasteiger partial charge in [-0.05, 0) is 37.1 Å². The van der Waals surface area contributed by atoms with E-state index in [-0.39, 0.29) is 25.2 Å². The van der Waals surface area contributed by atoms with E-state index in [1.807, 2.05) is 18.2 Å². The first-order valence-electron chi connectivity index (χ1n) is 6.83. The number of nitrogens with one attached hydrogen (secondary N) is 2. The molecular formula is C15H20N2O3. The van der Waals surface area contributed by atoms with Gasteiger partial charge in [-0.25, -0.2) is 0 Å². The maximum absolute atomic E-state index is 11.8. The molecule has 0 unspecified atom stereocenters. The van der Waals surface area contributed by atoms with Crippen LogP contribution in [-0.2, 0) is 4.74 Å². The Kier molecular flexibility index (Phi) is 5.43. The third-order valence-corrected chi connectivity index (χ3v) is 3.08. The zero-order valence-corrected chi connectivity index (χ0v) is 11.3. The van der Waals surface area contributed by atoms with Crippen LogP contribution in [0.2, 0.25) is 0 Å². The maximum Gasteiger partial charge on any atom is 0.251 e. The van der Waals surface area contributed by atoms with Crippen molar-refractivity contribution in [1.29, 1.82) is 0 Å². The minimum atomic E-state index is -0.181. The van der Waals surface area contributed by atoms with Gasteiger partial charge >= 0.3 is 0 Å². The van der Waals surface area contributed by atoms with Crippen molar-refractivity contribution in [3.8, 4) is 0 Å². The molecule has 5 nitrogen and oxygen atoms in total. The van der Waals surface area contributed by atoms with E-state index in [2.05, 4.69) is 10.6 Å². The minimum Gasteiger partial charge on any atom is -0.497 e. The minimum absolute atomic E-state index is 0.0593. The predicted octanol–water partition coefficient (Wildman–Crippen LogP) is 1.51. The van der Waals surface area contributed by atoms with E-state index in [1.54, 1.807) is 18.4 Å². The predicted molar refractivity (Wildman–Crippen MR) is 77.6 cm³/mol. The average molecular weight is 276 g/mol. The monoisotopic (exact) mass is 276 g/mol. The first-order valence-corrected chi connectivity index (χ1v) is 6.83. The number of aliphatic hydroxyl groups is 1. The Balaban J connectivity index is 1.88. The molecule has 0 aromatic heterocycles. The molecule has 108 valence electrons. The molecule has 0 saturated heterocycles. The molecule has 3 N–H and O–H groups in total. The standard InChI is InChI=1S/C15H20N2O3/c18-8-7-16-15(19)12-4-3-5-13(10-12)17-11-14-6-1-2-9-20-14/h2-5,9-10,14,17-18H,1,6-8,11H2,(H,16,19)/t14-/m1/s1. The smallest absolute Gasteiger partial charge is 0.251 e. The highest BCUT2D eigenvalue weighted by molar-refractivity contribution is 5.95. The molecule has 1 aromatic rings. The van der Waals surface area contributed by atoms with Crippen LogP contribution < -0.4 is 10.6 Å². The van der Waals surface area contributed by atoms with Crippen molar-refractivity contribution in [2.45, 2.75) is 18.9 Å². The van der Waals surface area contributed by atoms with Gasteiger partial charge in [0.2, 0.25) is 0 Å². The van der Waals surface area contributed by atoms with Crippen molar-refractivity contribution in [1.82, 2.24) is 5.32 Å². The molecule has 2 rings (SSSR count). The lowest BCUT2D eigenvalue weighted by Gasteiger charge is -2.20. The maximum atomic E-state index is 11.8. The van der Waals surface area contributed by atoms with Gasteiger partial charge in [0.25, 0.3) is 5.91 Å². The van der Waals surface area contributed by atoms with Crippen LogP contribution in [-0.4, -0.2) is 36.8 Å². The Morgan fingerprint density at radius 3 is 3.10 bits per heavy atom. The second kappa shape index (κ2) is 7.55. The molecule has 0 aliphatic carbocycles. The van der Waals surface area contributed by atoms with Crippen LogP contribution in [0.4, 0.5) is 5.69 Å². The van der Waals surface area contributed by atoms with E-state index in [0.29, 0.717) is 12.1 Å². The highest BCUT2D eigenvalue weighted by atomic mass is 16.5. The second-order valence-corrected chi connectivity index (χ2v) is 4.65. The normalized spacial score (nSPS) is 17.4. The van der Waals surface area contributed by atoms with E-state index in [9.17, 15) is 4.79 Å². The van der Waals surface area contributed by atoms with Crippen molar-refractivity contribution in [3.05, 3.63) is 42.2 Å². The molecule has 0 bridgehead atoms. The van der Waals surface area contributed by atoms with Crippen LogP contribution in [0.3, 0.4) is 0 Å². The fraction of sp³-hybridized carbons (Fsp3) is 0.400. The molecule has 1 aliphatic heterocycles. The van der Waals surface area contributed by atoms with E-state index in [1.165, 1.54) is 0 Å². The molecule has 0 fully saturated rings. The molecule has 1 atom stereocenters. The van der Waals surface area contributed by atoms with Crippen LogP contribution in [0, 0.1) is 0 Å². The molecule has 1 heterocycles. The fourth-order valence-electron chi connectivity index (χ4n) is 2.01. The van der Waals surface area contributed by atoms with E-state index in [0.717, 1.165) is 18.5 Å². The molecule has 20 heavy (non-hydrogen) atoms. The zero-order valence-electron chi connectivity index (χ0n) is 11.3. The van der Waals surface area contributed by atoms with Crippen LogP contribution in [0.5, 0.6) is 0 Å². The van der Waals surface area contributed by atoms with Crippen LogP contribution in [0.15, 0.2) is 36.6 Å². The molecule has 1 amide bonds. The van der Waals surface area contributed by atoms with Gasteiger partial charge in [0.1, 0.15) is 6.10 Å².